The number of esters is 1. The fourth-order valence-corrected chi connectivity index (χ4v) is 2.31. The second-order valence-corrected chi connectivity index (χ2v) is 4.93. The highest BCUT2D eigenvalue weighted by Gasteiger charge is 2.25. The van der Waals surface area contributed by atoms with Crippen molar-refractivity contribution >= 4 is 5.97 Å². The van der Waals surface area contributed by atoms with Crippen LogP contribution in [0.3, 0.4) is 0 Å². The minimum absolute atomic E-state index is 0.173. The SMILES string of the molecule is CCCNC(CN1CCn2cnnc2C1)C(=O)OCC. The van der Waals surface area contributed by atoms with E-state index in [0.717, 1.165) is 38.4 Å². The van der Waals surface area contributed by atoms with Crippen LogP contribution in [0.25, 0.3) is 0 Å². The Hall–Kier alpha value is -1.47. The predicted molar refractivity (Wildman–Crippen MR) is 74.0 cm³/mol. The molecule has 0 bridgehead atoms. The quantitative estimate of drug-likeness (QED) is 0.711. The largest absolute Gasteiger partial charge is 0.465 e. The third-order valence-corrected chi connectivity index (χ3v) is 3.37. The molecule has 0 amide bonds. The summed E-state index contributed by atoms with van der Waals surface area (Å²) in [6.45, 7) is 8.28. The molecule has 2 heterocycles. The van der Waals surface area contributed by atoms with Gasteiger partial charge in [0.2, 0.25) is 0 Å². The minimum Gasteiger partial charge on any atom is -0.465 e. The van der Waals surface area contributed by atoms with E-state index in [2.05, 4.69) is 31.9 Å². The fraction of sp³-hybridized carbons (Fsp3) is 0.769. The molecule has 0 radical (unpaired) electrons. The predicted octanol–water partition coefficient (Wildman–Crippen LogP) is 0.0250. The summed E-state index contributed by atoms with van der Waals surface area (Å²) < 4.78 is 7.19. The standard InChI is InChI=1S/C13H23N5O2/c1-3-5-14-11(13(19)20-4-2)8-17-6-7-18-10-15-16-12(18)9-17/h10-11,14H,3-9H2,1-2H3. The monoisotopic (exact) mass is 281 g/mol. The van der Waals surface area contributed by atoms with E-state index in [9.17, 15) is 4.79 Å². The van der Waals surface area contributed by atoms with Gasteiger partial charge in [0.25, 0.3) is 0 Å². The number of aromatic nitrogens is 3. The van der Waals surface area contributed by atoms with Crippen molar-refractivity contribution in [2.45, 2.75) is 39.4 Å². The van der Waals surface area contributed by atoms with Gasteiger partial charge in [0.1, 0.15) is 18.2 Å². The summed E-state index contributed by atoms with van der Waals surface area (Å²) in [4.78, 5) is 14.2. The molecular weight excluding hydrogens is 258 g/mol. The van der Waals surface area contributed by atoms with Gasteiger partial charge in [0.05, 0.1) is 13.2 Å². The fourth-order valence-electron chi connectivity index (χ4n) is 2.31. The number of hydrogen-bond acceptors (Lipinski definition) is 6. The van der Waals surface area contributed by atoms with Crippen LogP contribution in [0.2, 0.25) is 0 Å². The number of ether oxygens (including phenoxy) is 1. The maximum atomic E-state index is 12.0. The molecule has 0 aliphatic carbocycles. The summed E-state index contributed by atoms with van der Waals surface area (Å²) >= 11 is 0. The molecule has 0 saturated heterocycles. The number of nitrogens with zero attached hydrogens (tertiary/aromatic N) is 4. The van der Waals surface area contributed by atoms with Crippen molar-refractivity contribution in [1.82, 2.24) is 25.0 Å². The van der Waals surface area contributed by atoms with Gasteiger partial charge < -0.3 is 14.6 Å². The van der Waals surface area contributed by atoms with E-state index in [0.29, 0.717) is 13.2 Å². The van der Waals surface area contributed by atoms with E-state index in [1.54, 1.807) is 6.33 Å². The first kappa shape index (κ1) is 14.9. The van der Waals surface area contributed by atoms with E-state index < -0.39 is 0 Å². The zero-order chi connectivity index (χ0) is 14.4. The lowest BCUT2D eigenvalue weighted by molar-refractivity contribution is -0.146. The molecule has 0 aromatic carbocycles. The molecule has 20 heavy (non-hydrogen) atoms. The van der Waals surface area contributed by atoms with Gasteiger partial charge >= 0.3 is 5.97 Å². The second-order valence-electron chi connectivity index (χ2n) is 4.93. The summed E-state index contributed by atoms with van der Waals surface area (Å²) in [5, 5.41) is 11.3. The number of hydrogen-bond donors (Lipinski definition) is 1. The maximum absolute atomic E-state index is 12.0. The first-order chi connectivity index (χ1) is 9.74. The Morgan fingerprint density at radius 2 is 2.35 bits per heavy atom. The Bertz CT molecular complexity index is 434. The minimum atomic E-state index is -0.274. The van der Waals surface area contributed by atoms with E-state index in [1.807, 2.05) is 6.92 Å². The van der Waals surface area contributed by atoms with Crippen LogP contribution in [-0.4, -0.2) is 57.9 Å². The van der Waals surface area contributed by atoms with Crippen LogP contribution in [0.1, 0.15) is 26.1 Å². The molecule has 1 atom stereocenters. The van der Waals surface area contributed by atoms with E-state index >= 15 is 0 Å². The average molecular weight is 281 g/mol. The summed E-state index contributed by atoms with van der Waals surface area (Å²) in [7, 11) is 0. The highest BCUT2D eigenvalue weighted by Crippen LogP contribution is 2.09. The lowest BCUT2D eigenvalue weighted by Gasteiger charge is -2.30. The average Bonchev–Trinajstić information content (AvgIpc) is 2.91. The van der Waals surface area contributed by atoms with E-state index in [4.69, 9.17) is 4.74 Å². The molecule has 1 aliphatic rings. The van der Waals surface area contributed by atoms with Gasteiger partial charge in [-0.1, -0.05) is 6.92 Å². The molecule has 7 heteroatoms. The van der Waals surface area contributed by atoms with Crippen LogP contribution in [0.4, 0.5) is 0 Å². The molecule has 2 rings (SSSR count). The van der Waals surface area contributed by atoms with Crippen LogP contribution in [0, 0.1) is 0 Å². The zero-order valence-corrected chi connectivity index (χ0v) is 12.2. The normalized spacial score (nSPS) is 16.7. The van der Waals surface area contributed by atoms with Gasteiger partial charge in [-0.3, -0.25) is 9.69 Å². The maximum Gasteiger partial charge on any atom is 0.324 e. The van der Waals surface area contributed by atoms with Crippen molar-refractivity contribution in [3.63, 3.8) is 0 Å². The molecule has 1 aliphatic heterocycles. The Kier molecular flexibility index (Phi) is 5.49. The number of rotatable bonds is 7. The molecule has 112 valence electrons. The number of fused-ring (bicyclic) bond motifs is 1. The van der Waals surface area contributed by atoms with Crippen LogP contribution >= 0.6 is 0 Å². The van der Waals surface area contributed by atoms with Gasteiger partial charge in [-0.05, 0) is 19.9 Å². The van der Waals surface area contributed by atoms with Crippen molar-refractivity contribution in [3.8, 4) is 0 Å². The van der Waals surface area contributed by atoms with Crippen LogP contribution in [0.15, 0.2) is 6.33 Å². The first-order valence-corrected chi connectivity index (χ1v) is 7.23. The van der Waals surface area contributed by atoms with Crippen molar-refractivity contribution in [2.24, 2.45) is 0 Å². The zero-order valence-electron chi connectivity index (χ0n) is 12.2. The summed E-state index contributed by atoms with van der Waals surface area (Å²) in [6, 6.07) is -0.274. The highest BCUT2D eigenvalue weighted by atomic mass is 16.5. The summed E-state index contributed by atoms with van der Waals surface area (Å²) in [6.07, 6.45) is 2.75. The number of carbonyl (C=O) groups excluding carboxylic acids is 1. The Balaban J connectivity index is 1.92. The summed E-state index contributed by atoms with van der Waals surface area (Å²) in [5.41, 5.74) is 0. The molecule has 7 nitrogen and oxygen atoms in total. The molecule has 0 fully saturated rings. The smallest absolute Gasteiger partial charge is 0.324 e. The first-order valence-electron chi connectivity index (χ1n) is 7.23. The molecule has 1 aromatic heterocycles. The third-order valence-electron chi connectivity index (χ3n) is 3.37. The Morgan fingerprint density at radius 1 is 1.50 bits per heavy atom. The number of carbonyl (C=O) groups is 1. The van der Waals surface area contributed by atoms with Gasteiger partial charge in [0.15, 0.2) is 0 Å². The lowest BCUT2D eigenvalue weighted by atomic mass is 10.2. The van der Waals surface area contributed by atoms with Crippen molar-refractivity contribution in [3.05, 3.63) is 12.2 Å². The number of nitrogens with one attached hydrogen (secondary N) is 1. The van der Waals surface area contributed by atoms with Gasteiger partial charge in [-0.25, -0.2) is 0 Å². The van der Waals surface area contributed by atoms with Crippen molar-refractivity contribution in [1.29, 1.82) is 0 Å². The molecule has 1 N–H and O–H groups in total. The van der Waals surface area contributed by atoms with Crippen molar-refractivity contribution < 1.29 is 9.53 Å². The molecule has 0 saturated carbocycles. The second kappa shape index (κ2) is 7.35. The highest BCUT2D eigenvalue weighted by molar-refractivity contribution is 5.76. The molecule has 1 unspecified atom stereocenters. The van der Waals surface area contributed by atoms with Gasteiger partial charge in [0, 0.05) is 19.6 Å². The third kappa shape index (κ3) is 3.77. The Morgan fingerprint density at radius 3 is 3.10 bits per heavy atom. The molecule has 0 spiro atoms. The van der Waals surface area contributed by atoms with E-state index in [1.165, 1.54) is 0 Å². The van der Waals surface area contributed by atoms with Crippen LogP contribution < -0.4 is 5.32 Å². The lowest BCUT2D eigenvalue weighted by Crippen LogP contribution is -2.49. The Labute approximate surface area is 119 Å². The van der Waals surface area contributed by atoms with Gasteiger partial charge in [-0.2, -0.15) is 0 Å². The van der Waals surface area contributed by atoms with Crippen LogP contribution in [0.5, 0.6) is 0 Å². The van der Waals surface area contributed by atoms with Crippen LogP contribution in [-0.2, 0) is 22.6 Å². The summed E-state index contributed by atoms with van der Waals surface area (Å²) in [5.74, 6) is 0.780. The van der Waals surface area contributed by atoms with Gasteiger partial charge in [-0.15, -0.1) is 10.2 Å². The van der Waals surface area contributed by atoms with E-state index in [-0.39, 0.29) is 12.0 Å². The van der Waals surface area contributed by atoms with Crippen molar-refractivity contribution in [2.75, 3.05) is 26.2 Å². The topological polar surface area (TPSA) is 72.3 Å². The molecule has 1 aromatic rings. The molecular formula is C13H23N5O2.